The second-order valence-corrected chi connectivity index (χ2v) is 13.6. The molecule has 0 aliphatic heterocycles. The van der Waals surface area contributed by atoms with E-state index in [0.717, 1.165) is 22.7 Å². The van der Waals surface area contributed by atoms with Crippen molar-refractivity contribution in [3.63, 3.8) is 0 Å². The van der Waals surface area contributed by atoms with Crippen LogP contribution < -0.4 is 4.90 Å². The summed E-state index contributed by atoms with van der Waals surface area (Å²) >= 11 is 1.86. The average molecular weight is 643 g/mol. The van der Waals surface area contributed by atoms with Crippen LogP contribution in [0.25, 0.3) is 69.6 Å². The Hall–Kier alpha value is -6.16. The fourth-order valence-electron chi connectivity index (χ4n) is 7.59. The van der Waals surface area contributed by atoms with Crippen LogP contribution in [0, 0.1) is 0 Å². The number of thiophene rings is 1. The molecule has 0 bridgehead atoms. The van der Waals surface area contributed by atoms with E-state index in [1.807, 2.05) is 11.3 Å². The lowest BCUT2D eigenvalue weighted by Gasteiger charge is -2.28. The third-order valence-electron chi connectivity index (χ3n) is 9.77. The monoisotopic (exact) mass is 642 g/mol. The molecule has 0 aliphatic rings. The second-order valence-electron chi connectivity index (χ2n) is 12.5. The normalized spacial score (nSPS) is 11.7. The van der Waals surface area contributed by atoms with Crippen molar-refractivity contribution in [1.82, 2.24) is 4.57 Å². The summed E-state index contributed by atoms with van der Waals surface area (Å²) in [6, 6.07) is 66.3. The first-order valence-corrected chi connectivity index (χ1v) is 17.5. The zero-order valence-electron chi connectivity index (χ0n) is 26.6. The highest BCUT2D eigenvalue weighted by Gasteiger charge is 2.21. The number of hydrogen-bond donors (Lipinski definition) is 0. The molecule has 0 unspecified atom stereocenters. The number of hydrogen-bond acceptors (Lipinski definition) is 2. The predicted octanol–water partition coefficient (Wildman–Crippen LogP) is 13.4. The molecule has 8 aromatic carbocycles. The molecule has 0 radical (unpaired) electrons. The Morgan fingerprint density at radius 2 is 1.02 bits per heavy atom. The van der Waals surface area contributed by atoms with Crippen molar-refractivity contribution in [3.05, 3.63) is 182 Å². The van der Waals surface area contributed by atoms with Crippen LogP contribution in [-0.4, -0.2) is 4.57 Å². The van der Waals surface area contributed by atoms with Crippen LogP contribution in [0.4, 0.5) is 17.1 Å². The molecule has 0 aliphatic carbocycles. The lowest BCUT2D eigenvalue weighted by Crippen LogP contribution is -2.11. The van der Waals surface area contributed by atoms with E-state index < -0.39 is 0 Å². The van der Waals surface area contributed by atoms with Gasteiger partial charge >= 0.3 is 0 Å². The van der Waals surface area contributed by atoms with Gasteiger partial charge in [0.05, 0.1) is 16.7 Å². The fraction of sp³-hybridized carbons (Fsp3) is 0. The van der Waals surface area contributed by atoms with Gasteiger partial charge in [-0.25, -0.2) is 0 Å². The third kappa shape index (κ3) is 4.47. The van der Waals surface area contributed by atoms with Crippen molar-refractivity contribution < 1.29 is 0 Å². The first kappa shape index (κ1) is 27.9. The van der Waals surface area contributed by atoms with Crippen LogP contribution in [0.3, 0.4) is 0 Å². The standard InChI is InChI=1S/C46H30N2S/c1-2-15-32(16-3-1)48-43-23-10-7-19-38(43)39-27-25-34(30-44(39)48)47(33-26-28-46-41(29-33)40-20-8-11-24-45(40)49-46)42-22-9-6-18-37(42)36-21-12-14-31-13-4-5-17-35(31)36/h1-30H. The molecule has 0 spiro atoms. The Kier molecular flexibility index (Phi) is 6.39. The van der Waals surface area contributed by atoms with Crippen LogP contribution >= 0.6 is 11.3 Å². The Morgan fingerprint density at radius 3 is 1.94 bits per heavy atom. The number of para-hydroxylation sites is 3. The molecule has 0 saturated heterocycles. The predicted molar refractivity (Wildman–Crippen MR) is 211 cm³/mol. The van der Waals surface area contributed by atoms with Gasteiger partial charge in [0.25, 0.3) is 0 Å². The summed E-state index contributed by atoms with van der Waals surface area (Å²) in [6.45, 7) is 0. The third-order valence-corrected chi connectivity index (χ3v) is 10.9. The van der Waals surface area contributed by atoms with E-state index in [1.165, 1.54) is 63.9 Å². The molecule has 3 heteroatoms. The Labute approximate surface area is 288 Å². The van der Waals surface area contributed by atoms with Crippen molar-refractivity contribution >= 4 is 81.1 Å². The quantitative estimate of drug-likeness (QED) is 0.181. The summed E-state index contributed by atoms with van der Waals surface area (Å²) in [5.74, 6) is 0. The Bertz CT molecular complexity index is 2840. The summed E-state index contributed by atoms with van der Waals surface area (Å²) in [7, 11) is 0. The lowest BCUT2D eigenvalue weighted by molar-refractivity contribution is 1.18. The molecule has 0 atom stereocenters. The average Bonchev–Trinajstić information content (AvgIpc) is 3.70. The van der Waals surface area contributed by atoms with Crippen LogP contribution in [0.2, 0.25) is 0 Å². The molecular weight excluding hydrogens is 613 g/mol. The van der Waals surface area contributed by atoms with E-state index >= 15 is 0 Å². The smallest absolute Gasteiger partial charge is 0.0561 e. The Balaban J connectivity index is 1.28. The molecule has 10 rings (SSSR count). The number of nitrogens with zero attached hydrogens (tertiary/aromatic N) is 2. The second kappa shape index (κ2) is 11.2. The largest absolute Gasteiger partial charge is 0.310 e. The van der Waals surface area contributed by atoms with Crippen molar-refractivity contribution in [2.75, 3.05) is 4.90 Å². The van der Waals surface area contributed by atoms with Crippen LogP contribution in [0.15, 0.2) is 182 Å². The number of benzene rings is 8. The first-order chi connectivity index (χ1) is 24.3. The molecular formula is C46H30N2S. The molecule has 0 amide bonds. The number of rotatable bonds is 5. The Morgan fingerprint density at radius 1 is 0.388 bits per heavy atom. The van der Waals surface area contributed by atoms with E-state index in [-0.39, 0.29) is 0 Å². The van der Waals surface area contributed by atoms with Crippen molar-refractivity contribution in [2.24, 2.45) is 0 Å². The number of anilines is 3. The SMILES string of the molecule is c1ccc(-n2c3ccccc3c3ccc(N(c4ccc5sc6ccccc6c5c4)c4ccccc4-c4cccc5ccccc45)cc32)cc1. The fourth-order valence-corrected chi connectivity index (χ4v) is 8.68. The molecule has 0 N–H and O–H groups in total. The molecule has 49 heavy (non-hydrogen) atoms. The first-order valence-electron chi connectivity index (χ1n) is 16.7. The molecule has 2 nitrogen and oxygen atoms in total. The van der Waals surface area contributed by atoms with E-state index in [2.05, 4.69) is 191 Å². The van der Waals surface area contributed by atoms with E-state index in [4.69, 9.17) is 0 Å². The van der Waals surface area contributed by atoms with Gasteiger partial charge in [-0.05, 0) is 77.0 Å². The maximum atomic E-state index is 2.45. The van der Waals surface area contributed by atoms with Crippen LogP contribution in [0.5, 0.6) is 0 Å². The topological polar surface area (TPSA) is 8.17 Å². The minimum atomic E-state index is 1.11. The summed E-state index contributed by atoms with van der Waals surface area (Å²) in [6.07, 6.45) is 0. The van der Waals surface area contributed by atoms with Gasteiger partial charge < -0.3 is 9.47 Å². The molecule has 0 saturated carbocycles. The highest BCUT2D eigenvalue weighted by atomic mass is 32.1. The molecule has 10 aromatic rings. The minimum Gasteiger partial charge on any atom is -0.310 e. The van der Waals surface area contributed by atoms with Gasteiger partial charge in [0.2, 0.25) is 0 Å². The molecule has 2 heterocycles. The van der Waals surface area contributed by atoms with Gasteiger partial charge in [-0.3, -0.25) is 0 Å². The summed E-state index contributed by atoms with van der Waals surface area (Å²) in [4.78, 5) is 2.45. The minimum absolute atomic E-state index is 1.11. The van der Waals surface area contributed by atoms with Crippen molar-refractivity contribution in [1.29, 1.82) is 0 Å². The van der Waals surface area contributed by atoms with Crippen molar-refractivity contribution in [2.45, 2.75) is 0 Å². The molecule has 2 aromatic heterocycles. The van der Waals surface area contributed by atoms with Gasteiger partial charge in [0, 0.05) is 53.6 Å². The van der Waals surface area contributed by atoms with Gasteiger partial charge in [-0.2, -0.15) is 0 Å². The zero-order chi connectivity index (χ0) is 32.3. The van der Waals surface area contributed by atoms with Gasteiger partial charge in [0.15, 0.2) is 0 Å². The number of aromatic nitrogens is 1. The molecule has 230 valence electrons. The van der Waals surface area contributed by atoms with Crippen LogP contribution in [0.1, 0.15) is 0 Å². The van der Waals surface area contributed by atoms with E-state index in [9.17, 15) is 0 Å². The number of fused-ring (bicyclic) bond motifs is 7. The maximum Gasteiger partial charge on any atom is 0.0561 e. The zero-order valence-corrected chi connectivity index (χ0v) is 27.4. The summed E-state index contributed by atoms with van der Waals surface area (Å²) in [5.41, 5.74) is 9.33. The van der Waals surface area contributed by atoms with E-state index in [1.54, 1.807) is 0 Å². The van der Waals surface area contributed by atoms with Gasteiger partial charge in [-0.1, -0.05) is 121 Å². The lowest BCUT2D eigenvalue weighted by atomic mass is 9.96. The van der Waals surface area contributed by atoms with Crippen molar-refractivity contribution in [3.8, 4) is 16.8 Å². The molecule has 0 fully saturated rings. The highest BCUT2D eigenvalue weighted by molar-refractivity contribution is 7.25. The van der Waals surface area contributed by atoms with E-state index in [0.29, 0.717) is 0 Å². The maximum absolute atomic E-state index is 2.45. The van der Waals surface area contributed by atoms with Gasteiger partial charge in [-0.15, -0.1) is 11.3 Å². The summed E-state index contributed by atoms with van der Waals surface area (Å²) < 4.78 is 5.01. The summed E-state index contributed by atoms with van der Waals surface area (Å²) in [5, 5.41) is 7.56. The van der Waals surface area contributed by atoms with Gasteiger partial charge in [0.1, 0.15) is 0 Å². The highest BCUT2D eigenvalue weighted by Crippen LogP contribution is 2.46. The van der Waals surface area contributed by atoms with Crippen LogP contribution in [-0.2, 0) is 0 Å².